The number of aromatic nitrogens is 3. The van der Waals surface area contributed by atoms with E-state index >= 15 is 0 Å². The van der Waals surface area contributed by atoms with E-state index in [-0.39, 0.29) is 5.02 Å². The first-order chi connectivity index (χ1) is 7.27. The summed E-state index contributed by atoms with van der Waals surface area (Å²) in [7, 11) is 0. The second-order valence-electron chi connectivity index (χ2n) is 2.71. The highest BCUT2D eigenvalue weighted by atomic mass is 35.5. The highest BCUT2D eigenvalue weighted by Crippen LogP contribution is 2.15. The zero-order chi connectivity index (χ0) is 10.7. The lowest BCUT2D eigenvalue weighted by Gasteiger charge is -2.03. The number of nitrogens with one attached hydrogen (secondary N) is 2. The molecule has 0 saturated heterocycles. The molecule has 78 valence electrons. The van der Waals surface area contributed by atoms with Crippen LogP contribution in [0.15, 0.2) is 22.6 Å². The number of H-pyrrole nitrogens is 1. The van der Waals surface area contributed by atoms with Crippen LogP contribution in [0.5, 0.6) is 0 Å². The van der Waals surface area contributed by atoms with E-state index in [1.807, 2.05) is 5.38 Å². The van der Waals surface area contributed by atoms with Crippen LogP contribution in [0.25, 0.3) is 0 Å². The topological polar surface area (TPSA) is 70.7 Å². The number of halogens is 1. The minimum Gasteiger partial charge on any atom is -0.376 e. The predicted octanol–water partition coefficient (Wildman–Crippen LogP) is 1.49. The molecule has 0 unspecified atom stereocenters. The van der Waals surface area contributed by atoms with Crippen molar-refractivity contribution in [1.29, 1.82) is 0 Å². The Labute approximate surface area is 94.1 Å². The van der Waals surface area contributed by atoms with Crippen molar-refractivity contribution in [3.8, 4) is 0 Å². The van der Waals surface area contributed by atoms with Gasteiger partial charge in [-0.15, -0.1) is 11.3 Å². The number of anilines is 1. The van der Waals surface area contributed by atoms with Crippen molar-refractivity contribution in [1.82, 2.24) is 15.2 Å². The molecule has 2 rings (SSSR count). The second-order valence-corrected chi connectivity index (χ2v) is 4.06. The van der Waals surface area contributed by atoms with Crippen molar-refractivity contribution in [3.05, 3.63) is 38.2 Å². The van der Waals surface area contributed by atoms with Gasteiger partial charge in [-0.2, -0.15) is 5.10 Å². The molecule has 5 nitrogen and oxygen atoms in total. The van der Waals surface area contributed by atoms with Gasteiger partial charge in [-0.3, -0.25) is 4.79 Å². The number of nitrogens with zero attached hydrogens (tertiary/aromatic N) is 2. The average Bonchev–Trinajstić information content (AvgIpc) is 2.73. The normalized spacial score (nSPS) is 10.2. The van der Waals surface area contributed by atoms with Gasteiger partial charge in [0.1, 0.15) is 10.0 Å². The first-order valence-electron chi connectivity index (χ1n) is 4.13. The summed E-state index contributed by atoms with van der Waals surface area (Å²) in [4.78, 5) is 15.2. The van der Waals surface area contributed by atoms with Gasteiger partial charge in [-0.25, -0.2) is 10.1 Å². The molecule has 0 aliphatic heterocycles. The van der Waals surface area contributed by atoms with Gasteiger partial charge in [-0.1, -0.05) is 11.6 Å². The summed E-state index contributed by atoms with van der Waals surface area (Å²) >= 11 is 7.30. The Kier molecular flexibility index (Phi) is 2.98. The summed E-state index contributed by atoms with van der Waals surface area (Å²) in [6.07, 6.45) is 3.19. The Bertz CT molecular complexity index is 496. The Morgan fingerprint density at radius 3 is 3.20 bits per heavy atom. The Morgan fingerprint density at radius 2 is 2.47 bits per heavy atom. The van der Waals surface area contributed by atoms with Gasteiger partial charge in [0.15, 0.2) is 0 Å². The third-order valence-electron chi connectivity index (χ3n) is 1.71. The lowest BCUT2D eigenvalue weighted by molar-refractivity contribution is 0.979. The van der Waals surface area contributed by atoms with Crippen molar-refractivity contribution in [2.75, 3.05) is 5.32 Å². The SMILES string of the molecule is O=c1[nH]ncc(NCc2nccs2)c1Cl. The van der Waals surface area contributed by atoms with E-state index in [0.29, 0.717) is 12.2 Å². The molecule has 0 aliphatic carbocycles. The van der Waals surface area contributed by atoms with Crippen LogP contribution in [0.4, 0.5) is 5.69 Å². The van der Waals surface area contributed by atoms with Gasteiger partial charge in [0, 0.05) is 11.6 Å². The standard InChI is InChI=1S/C8H7ClN4OS/c9-7-5(3-12-13-8(7)14)11-4-6-10-1-2-15-6/h1-3H,4H2,(H2,11,13,14). The van der Waals surface area contributed by atoms with Crippen LogP contribution in [-0.4, -0.2) is 15.2 Å². The molecule has 0 aromatic carbocycles. The summed E-state index contributed by atoms with van der Waals surface area (Å²) in [6.45, 7) is 0.530. The highest BCUT2D eigenvalue weighted by molar-refractivity contribution is 7.09. The van der Waals surface area contributed by atoms with Crippen LogP contribution in [0, 0.1) is 0 Å². The third-order valence-corrected chi connectivity index (χ3v) is 2.86. The lowest BCUT2D eigenvalue weighted by Crippen LogP contribution is -2.11. The van der Waals surface area contributed by atoms with Crippen LogP contribution in [-0.2, 0) is 6.54 Å². The molecular weight excluding hydrogens is 236 g/mol. The lowest BCUT2D eigenvalue weighted by atomic mass is 10.4. The molecule has 0 radical (unpaired) electrons. The van der Waals surface area contributed by atoms with E-state index in [9.17, 15) is 4.79 Å². The number of hydrogen-bond acceptors (Lipinski definition) is 5. The quantitative estimate of drug-likeness (QED) is 0.856. The molecule has 0 bridgehead atoms. The summed E-state index contributed by atoms with van der Waals surface area (Å²) in [5.74, 6) is 0. The first-order valence-corrected chi connectivity index (χ1v) is 5.38. The molecule has 0 aliphatic rings. The fourth-order valence-corrected chi connectivity index (χ4v) is 1.73. The van der Waals surface area contributed by atoms with E-state index in [1.54, 1.807) is 6.20 Å². The van der Waals surface area contributed by atoms with Gasteiger partial charge >= 0.3 is 0 Å². The van der Waals surface area contributed by atoms with E-state index < -0.39 is 5.56 Å². The molecule has 2 aromatic heterocycles. The van der Waals surface area contributed by atoms with Crippen LogP contribution in [0.1, 0.15) is 5.01 Å². The highest BCUT2D eigenvalue weighted by Gasteiger charge is 2.04. The molecule has 15 heavy (non-hydrogen) atoms. The number of hydrogen-bond donors (Lipinski definition) is 2. The summed E-state index contributed by atoms with van der Waals surface area (Å²) < 4.78 is 0. The number of rotatable bonds is 3. The predicted molar refractivity (Wildman–Crippen MR) is 59.3 cm³/mol. The first kappa shape index (κ1) is 10.1. The zero-order valence-electron chi connectivity index (χ0n) is 7.53. The van der Waals surface area contributed by atoms with Gasteiger partial charge in [0.2, 0.25) is 0 Å². The molecular formula is C8H7ClN4OS. The van der Waals surface area contributed by atoms with Crippen molar-refractivity contribution < 1.29 is 0 Å². The smallest absolute Gasteiger partial charge is 0.285 e. The van der Waals surface area contributed by atoms with Gasteiger partial charge < -0.3 is 5.32 Å². The van der Waals surface area contributed by atoms with Crippen molar-refractivity contribution in [2.45, 2.75) is 6.54 Å². The fraction of sp³-hybridized carbons (Fsp3) is 0.125. The van der Waals surface area contributed by atoms with Gasteiger partial charge in [0.05, 0.1) is 18.4 Å². The van der Waals surface area contributed by atoms with Crippen LogP contribution < -0.4 is 10.9 Å². The van der Waals surface area contributed by atoms with E-state index in [1.165, 1.54) is 17.5 Å². The summed E-state index contributed by atoms with van der Waals surface area (Å²) in [6, 6.07) is 0. The zero-order valence-corrected chi connectivity index (χ0v) is 9.10. The molecule has 7 heteroatoms. The van der Waals surface area contributed by atoms with Crippen molar-refractivity contribution in [3.63, 3.8) is 0 Å². The third kappa shape index (κ3) is 2.34. The van der Waals surface area contributed by atoms with Crippen molar-refractivity contribution >= 4 is 28.6 Å². The molecule has 2 aromatic rings. The minimum absolute atomic E-state index is 0.113. The molecule has 0 atom stereocenters. The molecule has 0 saturated carbocycles. The maximum absolute atomic E-state index is 11.1. The largest absolute Gasteiger partial charge is 0.376 e. The van der Waals surface area contributed by atoms with Crippen molar-refractivity contribution in [2.24, 2.45) is 0 Å². The van der Waals surface area contributed by atoms with E-state index in [0.717, 1.165) is 5.01 Å². The van der Waals surface area contributed by atoms with Crippen LogP contribution >= 0.6 is 22.9 Å². The Morgan fingerprint density at radius 1 is 1.60 bits per heavy atom. The Hall–Kier alpha value is -1.40. The summed E-state index contributed by atoms with van der Waals surface area (Å²) in [5, 5.41) is 11.8. The van der Waals surface area contributed by atoms with Crippen LogP contribution in [0.3, 0.4) is 0 Å². The molecule has 0 fully saturated rings. The minimum atomic E-state index is -0.402. The number of thiazole rings is 1. The molecule has 0 amide bonds. The fourth-order valence-electron chi connectivity index (χ4n) is 1.02. The second kappa shape index (κ2) is 4.41. The molecule has 2 heterocycles. The summed E-state index contributed by atoms with van der Waals surface area (Å²) in [5.41, 5.74) is 0.108. The number of aromatic amines is 1. The van der Waals surface area contributed by atoms with Gasteiger partial charge in [0.25, 0.3) is 5.56 Å². The average molecular weight is 243 g/mol. The molecule has 2 N–H and O–H groups in total. The van der Waals surface area contributed by atoms with Crippen LogP contribution in [0.2, 0.25) is 5.02 Å². The Balaban J connectivity index is 2.12. The van der Waals surface area contributed by atoms with E-state index in [2.05, 4.69) is 20.5 Å². The van der Waals surface area contributed by atoms with Gasteiger partial charge in [-0.05, 0) is 0 Å². The maximum Gasteiger partial charge on any atom is 0.285 e. The monoisotopic (exact) mass is 242 g/mol. The van der Waals surface area contributed by atoms with E-state index in [4.69, 9.17) is 11.6 Å². The maximum atomic E-state index is 11.1. The molecule has 0 spiro atoms.